The molecule has 0 unspecified atom stereocenters. The molecule has 0 saturated heterocycles. The van der Waals surface area contributed by atoms with Crippen LogP contribution in [0, 0.1) is 0 Å². The molecule has 1 rings (SSSR count). The summed E-state index contributed by atoms with van der Waals surface area (Å²) in [5.41, 5.74) is 2.60. The lowest BCUT2D eigenvalue weighted by molar-refractivity contribution is 1.02. The van der Waals surface area contributed by atoms with Crippen molar-refractivity contribution in [1.29, 1.82) is 0 Å². The van der Waals surface area contributed by atoms with Crippen molar-refractivity contribution in [3.63, 3.8) is 0 Å². The number of likely N-dealkylation sites (N-methyl/N-ethyl adjacent to an activating group) is 1. The van der Waals surface area contributed by atoms with Gasteiger partial charge < -0.3 is 4.90 Å². The highest BCUT2D eigenvalue weighted by molar-refractivity contribution is 9.10. The first-order valence-electron chi connectivity index (χ1n) is 4.69. The van der Waals surface area contributed by atoms with Gasteiger partial charge in [-0.05, 0) is 38.1 Å². The number of nitrogens with zero attached hydrogens (tertiary/aromatic N) is 1. The maximum atomic E-state index is 3.43. The van der Waals surface area contributed by atoms with Crippen molar-refractivity contribution >= 4 is 21.6 Å². The second-order valence-electron chi connectivity index (χ2n) is 3.64. The molecule has 0 fully saturated rings. The minimum absolute atomic E-state index is 0.962. The van der Waals surface area contributed by atoms with Crippen molar-refractivity contribution in [3.05, 3.63) is 40.4 Å². The molecule has 0 N–H and O–H groups in total. The fourth-order valence-electron chi connectivity index (χ4n) is 1.12. The van der Waals surface area contributed by atoms with Crippen LogP contribution in [0.25, 0.3) is 0 Å². The quantitative estimate of drug-likeness (QED) is 0.740. The number of rotatable bonds is 3. The molecule has 1 aromatic carbocycles. The van der Waals surface area contributed by atoms with Gasteiger partial charge in [0, 0.05) is 23.8 Å². The average molecular weight is 254 g/mol. The highest BCUT2D eigenvalue weighted by Crippen LogP contribution is 2.17. The third kappa shape index (κ3) is 3.54. The molecule has 0 aromatic heterocycles. The Morgan fingerprint density at radius 2 is 1.86 bits per heavy atom. The van der Waals surface area contributed by atoms with Gasteiger partial charge in [0.2, 0.25) is 0 Å². The Labute approximate surface area is 94.6 Å². The fraction of sp³-hybridized carbons (Fsp3) is 0.333. The van der Waals surface area contributed by atoms with Crippen LogP contribution in [-0.4, -0.2) is 13.6 Å². The van der Waals surface area contributed by atoms with Crippen LogP contribution in [0.15, 0.2) is 40.4 Å². The summed E-state index contributed by atoms with van der Waals surface area (Å²) < 4.78 is 1.12. The van der Waals surface area contributed by atoms with Gasteiger partial charge in [0.15, 0.2) is 0 Å². The summed E-state index contributed by atoms with van der Waals surface area (Å²) in [5, 5.41) is 0. The topological polar surface area (TPSA) is 3.24 Å². The monoisotopic (exact) mass is 253 g/mol. The molecule has 1 aromatic rings. The van der Waals surface area contributed by atoms with Crippen LogP contribution in [-0.2, 0) is 0 Å². The molecule has 0 spiro atoms. The molecule has 0 aliphatic heterocycles. The highest BCUT2D eigenvalue weighted by Gasteiger charge is 1.97. The van der Waals surface area contributed by atoms with Gasteiger partial charge >= 0.3 is 0 Å². The molecular weight excluding hydrogens is 238 g/mol. The van der Waals surface area contributed by atoms with E-state index in [0.717, 1.165) is 11.0 Å². The summed E-state index contributed by atoms with van der Waals surface area (Å²) in [6, 6.07) is 8.36. The lowest BCUT2D eigenvalue weighted by Crippen LogP contribution is -2.16. The van der Waals surface area contributed by atoms with Gasteiger partial charge in [-0.15, -0.1) is 0 Å². The Hall–Kier alpha value is -0.760. The first-order valence-corrected chi connectivity index (χ1v) is 5.49. The van der Waals surface area contributed by atoms with Crippen LogP contribution in [0.1, 0.15) is 13.8 Å². The van der Waals surface area contributed by atoms with Gasteiger partial charge in [-0.2, -0.15) is 0 Å². The van der Waals surface area contributed by atoms with E-state index < -0.39 is 0 Å². The van der Waals surface area contributed by atoms with E-state index >= 15 is 0 Å². The lowest BCUT2D eigenvalue weighted by Gasteiger charge is -2.17. The van der Waals surface area contributed by atoms with Crippen molar-refractivity contribution in [2.45, 2.75) is 13.8 Å². The van der Waals surface area contributed by atoms with Crippen LogP contribution in [0.3, 0.4) is 0 Å². The molecule has 0 radical (unpaired) electrons. The Balaban J connectivity index is 2.65. The average Bonchev–Trinajstić information content (AvgIpc) is 2.15. The highest BCUT2D eigenvalue weighted by atomic mass is 79.9. The summed E-state index contributed by atoms with van der Waals surface area (Å²) in [6.45, 7) is 5.20. The standard InChI is InChI=1S/C12H16BrN/c1-10(2)8-9-14(3)12-6-4-11(13)5-7-12/h4-8H,9H2,1-3H3. The molecule has 14 heavy (non-hydrogen) atoms. The second kappa shape index (κ2) is 5.20. The lowest BCUT2D eigenvalue weighted by atomic mass is 10.2. The largest absolute Gasteiger partial charge is 0.371 e. The maximum Gasteiger partial charge on any atom is 0.0367 e. The Morgan fingerprint density at radius 1 is 1.29 bits per heavy atom. The second-order valence-corrected chi connectivity index (χ2v) is 4.55. The first kappa shape index (κ1) is 11.3. The fourth-order valence-corrected chi connectivity index (χ4v) is 1.38. The van der Waals surface area contributed by atoms with Crippen molar-refractivity contribution in [1.82, 2.24) is 0 Å². The van der Waals surface area contributed by atoms with Crippen molar-refractivity contribution in [3.8, 4) is 0 Å². The van der Waals surface area contributed by atoms with Gasteiger partial charge in [0.25, 0.3) is 0 Å². The van der Waals surface area contributed by atoms with Crippen molar-refractivity contribution in [2.75, 3.05) is 18.5 Å². The van der Waals surface area contributed by atoms with Crippen LogP contribution < -0.4 is 4.90 Å². The SMILES string of the molecule is CC(C)=CCN(C)c1ccc(Br)cc1. The number of halogens is 1. The zero-order valence-electron chi connectivity index (χ0n) is 8.92. The zero-order valence-corrected chi connectivity index (χ0v) is 10.5. The molecule has 0 bridgehead atoms. The van der Waals surface area contributed by atoms with E-state index in [-0.39, 0.29) is 0 Å². The number of benzene rings is 1. The van der Waals surface area contributed by atoms with Crippen LogP contribution in [0.5, 0.6) is 0 Å². The number of anilines is 1. The Morgan fingerprint density at radius 3 is 2.36 bits per heavy atom. The zero-order chi connectivity index (χ0) is 10.6. The van der Waals surface area contributed by atoms with Crippen LogP contribution >= 0.6 is 15.9 Å². The van der Waals surface area contributed by atoms with Gasteiger partial charge in [-0.3, -0.25) is 0 Å². The third-order valence-corrected chi connectivity index (χ3v) is 2.57. The minimum atomic E-state index is 0.962. The predicted octanol–water partition coefficient (Wildman–Crippen LogP) is 3.85. The Bertz CT molecular complexity index is 310. The molecule has 1 nitrogen and oxygen atoms in total. The molecule has 2 heteroatoms. The smallest absolute Gasteiger partial charge is 0.0367 e. The van der Waals surface area contributed by atoms with Gasteiger partial charge in [-0.1, -0.05) is 27.6 Å². The van der Waals surface area contributed by atoms with E-state index in [0.29, 0.717) is 0 Å². The summed E-state index contributed by atoms with van der Waals surface area (Å²) >= 11 is 3.43. The summed E-state index contributed by atoms with van der Waals surface area (Å²) in [7, 11) is 2.10. The molecule has 0 aliphatic rings. The maximum absolute atomic E-state index is 3.43. The molecule has 0 amide bonds. The molecule has 0 saturated carbocycles. The third-order valence-electron chi connectivity index (χ3n) is 2.04. The van der Waals surface area contributed by atoms with Gasteiger partial charge in [-0.25, -0.2) is 0 Å². The molecule has 0 aliphatic carbocycles. The van der Waals surface area contributed by atoms with Crippen molar-refractivity contribution in [2.24, 2.45) is 0 Å². The van der Waals surface area contributed by atoms with Crippen molar-refractivity contribution < 1.29 is 0 Å². The van der Waals surface area contributed by atoms with E-state index in [1.54, 1.807) is 0 Å². The van der Waals surface area contributed by atoms with E-state index in [2.05, 4.69) is 72.1 Å². The predicted molar refractivity (Wildman–Crippen MR) is 66.8 cm³/mol. The summed E-state index contributed by atoms with van der Waals surface area (Å²) in [6.07, 6.45) is 2.22. The molecule has 76 valence electrons. The summed E-state index contributed by atoms with van der Waals surface area (Å²) in [5.74, 6) is 0. The van der Waals surface area contributed by atoms with Gasteiger partial charge in [0.1, 0.15) is 0 Å². The minimum Gasteiger partial charge on any atom is -0.371 e. The van der Waals surface area contributed by atoms with Crippen LogP contribution in [0.2, 0.25) is 0 Å². The van der Waals surface area contributed by atoms with Gasteiger partial charge in [0.05, 0.1) is 0 Å². The normalized spacial score (nSPS) is 9.71. The van der Waals surface area contributed by atoms with E-state index in [1.807, 2.05) is 0 Å². The van der Waals surface area contributed by atoms with Crippen LogP contribution in [0.4, 0.5) is 5.69 Å². The molecule has 0 atom stereocenters. The van der Waals surface area contributed by atoms with E-state index in [4.69, 9.17) is 0 Å². The first-order chi connectivity index (χ1) is 6.59. The Kier molecular flexibility index (Phi) is 4.21. The number of hydrogen-bond acceptors (Lipinski definition) is 1. The number of allylic oxidation sites excluding steroid dienone is 1. The molecular formula is C12H16BrN. The van der Waals surface area contributed by atoms with E-state index in [9.17, 15) is 0 Å². The molecule has 0 heterocycles. The number of hydrogen-bond donors (Lipinski definition) is 0. The summed E-state index contributed by atoms with van der Waals surface area (Å²) in [4.78, 5) is 2.22. The van der Waals surface area contributed by atoms with E-state index in [1.165, 1.54) is 11.3 Å².